The van der Waals surface area contributed by atoms with Crippen molar-refractivity contribution >= 4 is 12.3 Å². The van der Waals surface area contributed by atoms with Gasteiger partial charge < -0.3 is 9.84 Å². The fourth-order valence-corrected chi connectivity index (χ4v) is 1.04. The molecule has 16 heavy (non-hydrogen) atoms. The second-order valence-corrected chi connectivity index (χ2v) is 2.65. The number of hydrogen-bond donors (Lipinski definition) is 1. The first-order chi connectivity index (χ1) is 7.47. The molecular formula is C9H5F3O4. The number of carboxylic acids is 1. The van der Waals surface area contributed by atoms with E-state index in [1.165, 1.54) is 0 Å². The third-order valence-corrected chi connectivity index (χ3v) is 1.69. The van der Waals surface area contributed by atoms with Crippen molar-refractivity contribution in [2.24, 2.45) is 0 Å². The lowest BCUT2D eigenvalue weighted by Gasteiger charge is -2.09. The molecule has 86 valence electrons. The molecule has 0 saturated carbocycles. The van der Waals surface area contributed by atoms with Crippen molar-refractivity contribution < 1.29 is 32.6 Å². The van der Waals surface area contributed by atoms with Crippen molar-refractivity contribution in [2.45, 2.75) is 6.61 Å². The minimum absolute atomic E-state index is 0.0897. The van der Waals surface area contributed by atoms with E-state index in [0.29, 0.717) is 0 Å². The number of carbonyl (C=O) groups excluding carboxylic acids is 1. The third kappa shape index (κ3) is 2.30. The van der Waals surface area contributed by atoms with E-state index in [1.807, 2.05) is 0 Å². The molecule has 1 N–H and O–H groups in total. The smallest absolute Gasteiger partial charge is 0.387 e. The topological polar surface area (TPSA) is 63.6 Å². The standard InChI is InChI=1S/C9H5F3O4/c10-6-5(8(14)15)2-1-4(3-13)7(6)16-9(11)12/h1-3,9H,(H,14,15). The second kappa shape index (κ2) is 4.65. The number of halogens is 3. The Kier molecular flexibility index (Phi) is 3.49. The van der Waals surface area contributed by atoms with E-state index in [2.05, 4.69) is 4.74 Å². The zero-order valence-electron chi connectivity index (χ0n) is 7.62. The number of aromatic carboxylic acids is 1. The summed E-state index contributed by atoms with van der Waals surface area (Å²) in [6, 6.07) is 1.68. The van der Waals surface area contributed by atoms with Gasteiger partial charge in [-0.1, -0.05) is 0 Å². The van der Waals surface area contributed by atoms with Gasteiger partial charge in [-0.15, -0.1) is 0 Å². The molecule has 0 amide bonds. The molecule has 0 spiro atoms. The summed E-state index contributed by atoms with van der Waals surface area (Å²) < 4.78 is 40.9. The molecule has 0 unspecified atom stereocenters. The molecule has 0 aliphatic heterocycles. The highest BCUT2D eigenvalue weighted by molar-refractivity contribution is 5.91. The van der Waals surface area contributed by atoms with E-state index in [0.717, 1.165) is 12.1 Å². The Hall–Kier alpha value is -2.05. The summed E-state index contributed by atoms with van der Waals surface area (Å²) in [7, 11) is 0. The van der Waals surface area contributed by atoms with E-state index in [4.69, 9.17) is 5.11 Å². The summed E-state index contributed by atoms with van der Waals surface area (Å²) in [4.78, 5) is 20.9. The highest BCUT2D eigenvalue weighted by Crippen LogP contribution is 2.26. The second-order valence-electron chi connectivity index (χ2n) is 2.65. The summed E-state index contributed by atoms with van der Waals surface area (Å²) in [6.07, 6.45) is 0.0897. The Morgan fingerprint density at radius 2 is 2.06 bits per heavy atom. The van der Waals surface area contributed by atoms with Crippen LogP contribution >= 0.6 is 0 Å². The highest BCUT2D eigenvalue weighted by atomic mass is 19.3. The zero-order chi connectivity index (χ0) is 12.3. The number of carbonyl (C=O) groups is 2. The number of ether oxygens (including phenoxy) is 1. The summed E-state index contributed by atoms with van der Waals surface area (Å²) in [6.45, 7) is -3.35. The Bertz CT molecular complexity index is 431. The summed E-state index contributed by atoms with van der Waals surface area (Å²) in [5.74, 6) is -4.21. The van der Waals surface area contributed by atoms with Gasteiger partial charge in [0.25, 0.3) is 0 Å². The lowest BCUT2D eigenvalue weighted by Crippen LogP contribution is -2.10. The molecule has 7 heteroatoms. The average molecular weight is 234 g/mol. The van der Waals surface area contributed by atoms with Gasteiger partial charge in [0.2, 0.25) is 0 Å². The Morgan fingerprint density at radius 3 is 2.50 bits per heavy atom. The van der Waals surface area contributed by atoms with Gasteiger partial charge in [-0.2, -0.15) is 8.78 Å². The number of hydrogen-bond acceptors (Lipinski definition) is 3. The van der Waals surface area contributed by atoms with Crippen LogP contribution in [0.15, 0.2) is 12.1 Å². The number of alkyl halides is 2. The average Bonchev–Trinajstić information content (AvgIpc) is 2.19. The van der Waals surface area contributed by atoms with Crippen LogP contribution in [0.2, 0.25) is 0 Å². The van der Waals surface area contributed by atoms with Crippen LogP contribution in [0.1, 0.15) is 20.7 Å². The van der Waals surface area contributed by atoms with Crippen LogP contribution in [0.4, 0.5) is 13.2 Å². The SMILES string of the molecule is O=Cc1ccc(C(=O)O)c(F)c1OC(F)F. The van der Waals surface area contributed by atoms with Gasteiger partial charge >= 0.3 is 12.6 Å². The normalized spacial score (nSPS) is 10.2. The van der Waals surface area contributed by atoms with Crippen molar-refractivity contribution in [1.29, 1.82) is 0 Å². The lowest BCUT2D eigenvalue weighted by molar-refractivity contribution is -0.0525. The first-order valence-electron chi connectivity index (χ1n) is 3.93. The van der Waals surface area contributed by atoms with E-state index >= 15 is 0 Å². The minimum Gasteiger partial charge on any atom is -0.478 e. The quantitative estimate of drug-likeness (QED) is 0.808. The third-order valence-electron chi connectivity index (χ3n) is 1.69. The fourth-order valence-electron chi connectivity index (χ4n) is 1.04. The van der Waals surface area contributed by atoms with Crippen LogP contribution in [-0.2, 0) is 0 Å². The molecule has 0 saturated heterocycles. The molecule has 0 radical (unpaired) electrons. The van der Waals surface area contributed by atoms with Gasteiger partial charge in [0.15, 0.2) is 17.9 Å². The molecule has 0 aromatic heterocycles. The van der Waals surface area contributed by atoms with Crippen LogP contribution < -0.4 is 4.74 Å². The molecule has 4 nitrogen and oxygen atoms in total. The van der Waals surface area contributed by atoms with Crippen LogP contribution in [-0.4, -0.2) is 24.0 Å². The van der Waals surface area contributed by atoms with Crippen molar-refractivity contribution in [1.82, 2.24) is 0 Å². The largest absolute Gasteiger partial charge is 0.478 e. The number of rotatable bonds is 4. The predicted octanol–water partition coefficient (Wildman–Crippen LogP) is 1.94. The molecule has 1 aromatic rings. The molecule has 0 heterocycles. The zero-order valence-corrected chi connectivity index (χ0v) is 7.62. The lowest BCUT2D eigenvalue weighted by atomic mass is 10.1. The Balaban J connectivity index is 3.34. The number of aldehydes is 1. The highest BCUT2D eigenvalue weighted by Gasteiger charge is 2.21. The van der Waals surface area contributed by atoms with Gasteiger partial charge in [0.05, 0.1) is 11.1 Å². The van der Waals surface area contributed by atoms with Crippen molar-refractivity contribution in [3.05, 3.63) is 29.1 Å². The van der Waals surface area contributed by atoms with Gasteiger partial charge in [-0.25, -0.2) is 9.18 Å². The van der Waals surface area contributed by atoms with Crippen LogP contribution in [0.25, 0.3) is 0 Å². The Morgan fingerprint density at radius 1 is 1.44 bits per heavy atom. The fraction of sp³-hybridized carbons (Fsp3) is 0.111. The van der Waals surface area contributed by atoms with Crippen molar-refractivity contribution in [3.63, 3.8) is 0 Å². The first kappa shape index (κ1) is 12.0. The summed E-state index contributed by atoms with van der Waals surface area (Å²) >= 11 is 0. The van der Waals surface area contributed by atoms with Gasteiger partial charge in [-0.3, -0.25) is 4.79 Å². The minimum atomic E-state index is -3.35. The van der Waals surface area contributed by atoms with Crippen molar-refractivity contribution in [2.75, 3.05) is 0 Å². The van der Waals surface area contributed by atoms with Crippen LogP contribution in [0.5, 0.6) is 5.75 Å². The summed E-state index contributed by atoms with van der Waals surface area (Å²) in [5, 5.41) is 8.52. The maximum absolute atomic E-state index is 13.3. The van der Waals surface area contributed by atoms with Crippen molar-refractivity contribution in [3.8, 4) is 5.75 Å². The van der Waals surface area contributed by atoms with E-state index in [1.54, 1.807) is 0 Å². The molecule has 0 bridgehead atoms. The molecule has 1 aromatic carbocycles. The van der Waals surface area contributed by atoms with E-state index in [9.17, 15) is 22.8 Å². The van der Waals surface area contributed by atoms with Gasteiger partial charge in [-0.05, 0) is 12.1 Å². The van der Waals surface area contributed by atoms with Crippen LogP contribution in [0, 0.1) is 5.82 Å². The molecule has 0 atom stereocenters. The van der Waals surface area contributed by atoms with E-state index < -0.39 is 35.3 Å². The molecule has 0 aliphatic rings. The van der Waals surface area contributed by atoms with Crippen LogP contribution in [0.3, 0.4) is 0 Å². The Labute approximate surface area is 87.3 Å². The molecule has 0 fully saturated rings. The van der Waals surface area contributed by atoms with Gasteiger partial charge in [0, 0.05) is 0 Å². The predicted molar refractivity (Wildman–Crippen MR) is 45.4 cm³/mol. The molecular weight excluding hydrogens is 229 g/mol. The van der Waals surface area contributed by atoms with Gasteiger partial charge in [0.1, 0.15) is 0 Å². The summed E-state index contributed by atoms with van der Waals surface area (Å²) in [5.41, 5.74) is -1.33. The monoisotopic (exact) mass is 234 g/mol. The maximum atomic E-state index is 13.3. The number of benzene rings is 1. The maximum Gasteiger partial charge on any atom is 0.387 e. The van der Waals surface area contributed by atoms with E-state index in [-0.39, 0.29) is 6.29 Å². The number of carboxylic acid groups (broad SMARTS) is 1. The first-order valence-corrected chi connectivity index (χ1v) is 3.93. The molecule has 1 rings (SSSR count). The molecule has 0 aliphatic carbocycles.